The zero-order valence-corrected chi connectivity index (χ0v) is 18.9. The number of amides is 2. The van der Waals surface area contributed by atoms with Gasteiger partial charge in [0.1, 0.15) is 11.5 Å². The van der Waals surface area contributed by atoms with Gasteiger partial charge < -0.3 is 15.1 Å². The Bertz CT molecular complexity index is 1280. The average molecular weight is 474 g/mol. The fraction of sp³-hybridized carbons (Fsp3) is 0. The zero-order chi connectivity index (χ0) is 23.0. The Morgan fingerprint density at radius 3 is 2.27 bits per heavy atom. The van der Waals surface area contributed by atoms with Gasteiger partial charge in [-0.05, 0) is 66.1 Å². The average Bonchev–Trinajstić information content (AvgIpc) is 3.52. The van der Waals surface area contributed by atoms with Crippen LogP contribution < -0.4 is 16.0 Å². The van der Waals surface area contributed by atoms with E-state index in [1.54, 1.807) is 42.5 Å². The third-order valence-corrected chi connectivity index (χ3v) is 5.54. The molecule has 0 unspecified atom stereocenters. The van der Waals surface area contributed by atoms with Crippen molar-refractivity contribution in [1.82, 2.24) is 5.32 Å². The molecule has 4 rings (SSSR count). The van der Waals surface area contributed by atoms with Gasteiger partial charge in [0, 0.05) is 23.0 Å². The van der Waals surface area contributed by atoms with Crippen molar-refractivity contribution in [2.75, 3.05) is 10.6 Å². The second kappa shape index (κ2) is 10.5. The molecule has 2 amide bonds. The molecule has 164 valence electrons. The van der Waals surface area contributed by atoms with Crippen LogP contribution >= 0.6 is 23.6 Å². The first-order valence-corrected chi connectivity index (χ1v) is 11.3. The molecule has 0 aliphatic carbocycles. The van der Waals surface area contributed by atoms with Crippen LogP contribution in [-0.2, 0) is 4.79 Å². The lowest BCUT2D eigenvalue weighted by Gasteiger charge is -2.09. The molecule has 2 aromatic heterocycles. The highest BCUT2D eigenvalue weighted by Gasteiger charge is 2.07. The van der Waals surface area contributed by atoms with Crippen LogP contribution in [-0.4, -0.2) is 16.9 Å². The lowest BCUT2D eigenvalue weighted by molar-refractivity contribution is -0.115. The predicted octanol–water partition coefficient (Wildman–Crippen LogP) is 5.79. The molecule has 0 spiro atoms. The third kappa shape index (κ3) is 6.25. The van der Waals surface area contributed by atoms with Crippen LogP contribution in [0.25, 0.3) is 17.4 Å². The molecule has 2 heterocycles. The number of nitrogens with one attached hydrogen (secondary N) is 3. The number of thiocarbonyl (C=S) groups is 1. The number of anilines is 2. The van der Waals surface area contributed by atoms with E-state index in [4.69, 9.17) is 16.6 Å². The summed E-state index contributed by atoms with van der Waals surface area (Å²) in [6.45, 7) is 0. The van der Waals surface area contributed by atoms with Gasteiger partial charge in [-0.2, -0.15) is 0 Å². The summed E-state index contributed by atoms with van der Waals surface area (Å²) in [6, 6.07) is 24.0. The molecule has 0 radical (unpaired) electrons. The summed E-state index contributed by atoms with van der Waals surface area (Å²) in [4.78, 5) is 24.9. The summed E-state index contributed by atoms with van der Waals surface area (Å²) < 4.78 is 5.74. The van der Waals surface area contributed by atoms with Crippen LogP contribution in [0.2, 0.25) is 0 Å². The van der Waals surface area contributed by atoms with E-state index in [0.29, 0.717) is 22.0 Å². The van der Waals surface area contributed by atoms with E-state index in [1.807, 2.05) is 47.8 Å². The number of furan rings is 1. The fourth-order valence-corrected chi connectivity index (χ4v) is 3.75. The van der Waals surface area contributed by atoms with E-state index in [0.717, 1.165) is 11.3 Å². The topological polar surface area (TPSA) is 83.4 Å². The van der Waals surface area contributed by atoms with Gasteiger partial charge in [-0.25, -0.2) is 0 Å². The largest absolute Gasteiger partial charge is 0.457 e. The van der Waals surface area contributed by atoms with Crippen molar-refractivity contribution in [2.45, 2.75) is 0 Å². The minimum atomic E-state index is -0.384. The van der Waals surface area contributed by atoms with Gasteiger partial charge in [-0.1, -0.05) is 36.4 Å². The molecule has 2 aromatic carbocycles. The highest BCUT2D eigenvalue weighted by molar-refractivity contribution is 7.80. The molecule has 0 aliphatic rings. The van der Waals surface area contributed by atoms with Crippen LogP contribution in [0.1, 0.15) is 15.4 Å². The predicted molar refractivity (Wildman–Crippen MR) is 136 cm³/mol. The first-order valence-electron chi connectivity index (χ1n) is 9.97. The maximum absolute atomic E-state index is 12.2. The fourth-order valence-electron chi connectivity index (χ4n) is 2.91. The number of carbonyl (C=O) groups is 2. The van der Waals surface area contributed by atoms with Crippen LogP contribution in [0.15, 0.2) is 94.7 Å². The summed E-state index contributed by atoms with van der Waals surface area (Å²) in [6.07, 6.45) is 2.93. The SMILES string of the molecule is O=C(/C=C/c1ccc(-c2ccccc2)o1)NC(=S)Nc1ccc(NC(=O)c2cccs2)cc1. The maximum Gasteiger partial charge on any atom is 0.265 e. The minimum absolute atomic E-state index is 0.157. The van der Waals surface area contributed by atoms with Gasteiger partial charge >= 0.3 is 0 Å². The van der Waals surface area contributed by atoms with Crippen molar-refractivity contribution in [2.24, 2.45) is 0 Å². The van der Waals surface area contributed by atoms with E-state index in [2.05, 4.69) is 16.0 Å². The summed E-state index contributed by atoms with van der Waals surface area (Å²) in [7, 11) is 0. The maximum atomic E-state index is 12.2. The van der Waals surface area contributed by atoms with Gasteiger partial charge in [-0.15, -0.1) is 11.3 Å². The third-order valence-electron chi connectivity index (χ3n) is 4.47. The highest BCUT2D eigenvalue weighted by atomic mass is 32.1. The van der Waals surface area contributed by atoms with Gasteiger partial charge in [0.2, 0.25) is 5.91 Å². The van der Waals surface area contributed by atoms with Crippen molar-refractivity contribution in [3.63, 3.8) is 0 Å². The van der Waals surface area contributed by atoms with Crippen molar-refractivity contribution in [3.05, 3.63) is 101 Å². The summed E-state index contributed by atoms with van der Waals surface area (Å²) in [5.74, 6) is 0.739. The Labute approximate surface area is 200 Å². The molecule has 33 heavy (non-hydrogen) atoms. The summed E-state index contributed by atoms with van der Waals surface area (Å²) in [5.41, 5.74) is 2.30. The molecule has 0 atom stereocenters. The molecule has 0 saturated heterocycles. The van der Waals surface area contributed by atoms with Crippen molar-refractivity contribution in [1.29, 1.82) is 0 Å². The van der Waals surface area contributed by atoms with Crippen molar-refractivity contribution < 1.29 is 14.0 Å². The van der Waals surface area contributed by atoms with Gasteiger partial charge in [0.05, 0.1) is 4.88 Å². The van der Waals surface area contributed by atoms with Crippen LogP contribution in [0, 0.1) is 0 Å². The quantitative estimate of drug-likeness (QED) is 0.244. The first-order chi connectivity index (χ1) is 16.1. The Balaban J connectivity index is 1.26. The van der Waals surface area contributed by atoms with Crippen molar-refractivity contribution >= 4 is 57.9 Å². The molecule has 3 N–H and O–H groups in total. The monoisotopic (exact) mass is 473 g/mol. The molecule has 0 bridgehead atoms. The highest BCUT2D eigenvalue weighted by Crippen LogP contribution is 2.22. The standard InChI is InChI=1S/C25H19N3O3S2/c29-23(15-13-20-12-14-21(31-20)17-5-2-1-3-6-17)28-25(32)27-19-10-8-18(9-11-19)26-24(30)22-7-4-16-33-22/h1-16H,(H,26,30)(H2,27,28,29,32)/b15-13+. The number of rotatable bonds is 6. The smallest absolute Gasteiger partial charge is 0.265 e. The minimum Gasteiger partial charge on any atom is -0.457 e. The first kappa shape index (κ1) is 22.2. The second-order valence-corrected chi connectivity index (χ2v) is 8.21. The zero-order valence-electron chi connectivity index (χ0n) is 17.3. The van der Waals surface area contributed by atoms with Crippen molar-refractivity contribution in [3.8, 4) is 11.3 Å². The molecule has 0 saturated carbocycles. The van der Waals surface area contributed by atoms with Gasteiger partial charge in [0.25, 0.3) is 5.91 Å². The number of hydrogen-bond donors (Lipinski definition) is 3. The number of carbonyl (C=O) groups excluding carboxylic acids is 2. The molecule has 6 nitrogen and oxygen atoms in total. The molecule has 4 aromatic rings. The number of benzene rings is 2. The molecule has 8 heteroatoms. The van der Waals surface area contributed by atoms with E-state index in [1.165, 1.54) is 17.4 Å². The van der Waals surface area contributed by atoms with Crippen LogP contribution in [0.5, 0.6) is 0 Å². The lowest BCUT2D eigenvalue weighted by atomic mass is 10.2. The van der Waals surface area contributed by atoms with Crippen LogP contribution in [0.3, 0.4) is 0 Å². The normalized spacial score (nSPS) is 10.7. The van der Waals surface area contributed by atoms with E-state index in [-0.39, 0.29) is 16.9 Å². The van der Waals surface area contributed by atoms with E-state index in [9.17, 15) is 9.59 Å². The number of thiophene rings is 1. The summed E-state index contributed by atoms with van der Waals surface area (Å²) in [5, 5.41) is 10.4. The molecular weight excluding hydrogens is 454 g/mol. The molecule has 0 fully saturated rings. The molecular formula is C25H19N3O3S2. The number of hydrogen-bond acceptors (Lipinski definition) is 5. The second-order valence-electron chi connectivity index (χ2n) is 6.85. The summed E-state index contributed by atoms with van der Waals surface area (Å²) >= 11 is 6.58. The molecule has 0 aliphatic heterocycles. The van der Waals surface area contributed by atoms with Gasteiger partial charge in [0.15, 0.2) is 5.11 Å². The Hall–Kier alpha value is -4.01. The Kier molecular flexibility index (Phi) is 7.09. The Morgan fingerprint density at radius 1 is 0.848 bits per heavy atom. The van der Waals surface area contributed by atoms with E-state index < -0.39 is 0 Å². The Morgan fingerprint density at radius 2 is 1.58 bits per heavy atom. The van der Waals surface area contributed by atoms with E-state index >= 15 is 0 Å². The van der Waals surface area contributed by atoms with Crippen LogP contribution in [0.4, 0.5) is 11.4 Å². The lowest BCUT2D eigenvalue weighted by Crippen LogP contribution is -2.32. The van der Waals surface area contributed by atoms with Gasteiger partial charge in [-0.3, -0.25) is 14.9 Å².